The number of carbonyl (C=O) groups is 2. The van der Waals surface area contributed by atoms with E-state index in [0.717, 1.165) is 16.7 Å². The highest BCUT2D eigenvalue weighted by Gasteiger charge is 2.40. The molecule has 8 heteroatoms. The van der Waals surface area contributed by atoms with Crippen LogP contribution in [0.3, 0.4) is 0 Å². The monoisotopic (exact) mass is 318 g/mol. The van der Waals surface area contributed by atoms with Gasteiger partial charge in [-0.1, -0.05) is 12.1 Å². The molecule has 1 fully saturated rings. The van der Waals surface area contributed by atoms with Crippen LogP contribution in [0.15, 0.2) is 24.3 Å². The van der Waals surface area contributed by atoms with Crippen molar-refractivity contribution in [2.24, 2.45) is 0 Å². The third kappa shape index (κ3) is 4.13. The molecule has 1 aliphatic rings. The third-order valence-corrected chi connectivity index (χ3v) is 4.09. The van der Waals surface area contributed by atoms with Gasteiger partial charge in [0.25, 0.3) is 0 Å². The Labute approximate surface area is 123 Å². The summed E-state index contributed by atoms with van der Waals surface area (Å²) in [4.78, 5) is 23.3. The lowest BCUT2D eigenvalue weighted by Gasteiger charge is -2.25. The first-order valence-corrected chi connectivity index (χ1v) is 7.16. The van der Waals surface area contributed by atoms with E-state index in [1.165, 1.54) is 6.92 Å². The van der Waals surface area contributed by atoms with E-state index in [-0.39, 0.29) is 11.7 Å². The number of hydrogen-bond acceptors (Lipinski definition) is 3. The molecule has 0 bridgehead atoms. The largest absolute Gasteiger partial charge is 0.406 e. The minimum Gasteiger partial charge on any atom is -0.326 e. The SMILES string of the molecule is CC(=O)Nc1ccc(C2SCC(=O)N2CC(F)(F)F)cc1. The summed E-state index contributed by atoms with van der Waals surface area (Å²) in [5, 5.41) is 1.93. The summed E-state index contributed by atoms with van der Waals surface area (Å²) in [6.07, 6.45) is -4.42. The molecule has 0 aliphatic carbocycles. The van der Waals surface area contributed by atoms with Gasteiger partial charge in [0.2, 0.25) is 11.8 Å². The topological polar surface area (TPSA) is 49.4 Å². The minimum atomic E-state index is -4.42. The van der Waals surface area contributed by atoms with Crippen LogP contribution in [0.1, 0.15) is 17.9 Å². The number of thioether (sulfide) groups is 1. The average molecular weight is 318 g/mol. The Morgan fingerprint density at radius 1 is 1.38 bits per heavy atom. The van der Waals surface area contributed by atoms with E-state index in [2.05, 4.69) is 5.32 Å². The number of nitrogens with one attached hydrogen (secondary N) is 1. The second-order valence-electron chi connectivity index (χ2n) is 4.60. The quantitative estimate of drug-likeness (QED) is 0.932. The lowest BCUT2D eigenvalue weighted by atomic mass is 10.2. The highest BCUT2D eigenvalue weighted by atomic mass is 32.2. The predicted molar refractivity (Wildman–Crippen MR) is 73.7 cm³/mol. The minimum absolute atomic E-state index is 0.0359. The Morgan fingerprint density at radius 3 is 2.52 bits per heavy atom. The van der Waals surface area contributed by atoms with Crippen molar-refractivity contribution in [1.82, 2.24) is 4.90 Å². The van der Waals surface area contributed by atoms with Crippen molar-refractivity contribution in [1.29, 1.82) is 0 Å². The molecule has 4 nitrogen and oxygen atoms in total. The molecular formula is C13H13F3N2O2S. The zero-order chi connectivity index (χ0) is 15.6. The fraction of sp³-hybridized carbons (Fsp3) is 0.385. The summed E-state index contributed by atoms with van der Waals surface area (Å²) in [5.41, 5.74) is 1.16. The highest BCUT2D eigenvalue weighted by molar-refractivity contribution is 8.00. The molecule has 1 unspecified atom stereocenters. The molecule has 1 aromatic carbocycles. The first-order chi connectivity index (χ1) is 9.76. The van der Waals surface area contributed by atoms with Crippen molar-refractivity contribution in [3.63, 3.8) is 0 Å². The molecular weight excluding hydrogens is 305 g/mol. The van der Waals surface area contributed by atoms with Gasteiger partial charge in [0.15, 0.2) is 0 Å². The van der Waals surface area contributed by atoms with Crippen molar-refractivity contribution >= 4 is 29.3 Å². The van der Waals surface area contributed by atoms with Crippen LogP contribution < -0.4 is 5.32 Å². The Balaban J connectivity index is 2.16. The lowest BCUT2D eigenvalue weighted by Crippen LogP contribution is -2.37. The molecule has 21 heavy (non-hydrogen) atoms. The van der Waals surface area contributed by atoms with Crippen LogP contribution in [-0.2, 0) is 9.59 Å². The van der Waals surface area contributed by atoms with Crippen LogP contribution in [0.4, 0.5) is 18.9 Å². The van der Waals surface area contributed by atoms with Crippen LogP contribution in [0, 0.1) is 0 Å². The first-order valence-electron chi connectivity index (χ1n) is 6.11. The van der Waals surface area contributed by atoms with Gasteiger partial charge in [0.05, 0.1) is 5.75 Å². The summed E-state index contributed by atoms with van der Waals surface area (Å²) in [6, 6.07) is 6.44. The summed E-state index contributed by atoms with van der Waals surface area (Å²) < 4.78 is 37.6. The molecule has 1 aromatic rings. The van der Waals surface area contributed by atoms with Crippen molar-refractivity contribution in [3.05, 3.63) is 29.8 Å². The maximum atomic E-state index is 12.5. The van der Waals surface area contributed by atoms with Gasteiger partial charge in [0.1, 0.15) is 11.9 Å². The van der Waals surface area contributed by atoms with Crippen LogP contribution >= 0.6 is 11.8 Å². The van der Waals surface area contributed by atoms with Crippen LogP contribution in [-0.4, -0.2) is 35.2 Å². The van der Waals surface area contributed by atoms with E-state index < -0.39 is 24.0 Å². The molecule has 1 heterocycles. The van der Waals surface area contributed by atoms with Gasteiger partial charge in [-0.05, 0) is 17.7 Å². The molecule has 2 rings (SSSR count). The smallest absolute Gasteiger partial charge is 0.326 e. The number of alkyl halides is 3. The number of carbonyl (C=O) groups excluding carboxylic acids is 2. The Morgan fingerprint density at radius 2 is 2.00 bits per heavy atom. The molecule has 0 radical (unpaired) electrons. The third-order valence-electron chi connectivity index (χ3n) is 2.83. The number of rotatable bonds is 3. The molecule has 114 valence electrons. The summed E-state index contributed by atoms with van der Waals surface area (Å²) in [6.45, 7) is 0.113. The van der Waals surface area contributed by atoms with Crippen molar-refractivity contribution < 1.29 is 22.8 Å². The van der Waals surface area contributed by atoms with Crippen molar-refractivity contribution in [2.45, 2.75) is 18.5 Å². The van der Waals surface area contributed by atoms with E-state index in [0.29, 0.717) is 11.3 Å². The Hall–Kier alpha value is -1.70. The fourth-order valence-corrected chi connectivity index (χ4v) is 3.22. The molecule has 1 aliphatic heterocycles. The molecule has 0 aromatic heterocycles. The first kappa shape index (κ1) is 15.7. The second kappa shape index (κ2) is 5.97. The molecule has 1 N–H and O–H groups in total. The van der Waals surface area contributed by atoms with Gasteiger partial charge in [0, 0.05) is 12.6 Å². The van der Waals surface area contributed by atoms with E-state index in [1.54, 1.807) is 24.3 Å². The number of benzene rings is 1. The van der Waals surface area contributed by atoms with Crippen LogP contribution in [0.25, 0.3) is 0 Å². The van der Waals surface area contributed by atoms with Gasteiger partial charge >= 0.3 is 6.18 Å². The Kier molecular flexibility index (Phi) is 4.46. The maximum Gasteiger partial charge on any atom is 0.406 e. The van der Waals surface area contributed by atoms with Gasteiger partial charge in [-0.25, -0.2) is 0 Å². The van der Waals surface area contributed by atoms with E-state index in [4.69, 9.17) is 0 Å². The number of halogens is 3. The predicted octanol–water partition coefficient (Wildman–Crippen LogP) is 2.78. The van der Waals surface area contributed by atoms with Gasteiger partial charge in [-0.15, -0.1) is 11.8 Å². The van der Waals surface area contributed by atoms with E-state index >= 15 is 0 Å². The summed E-state index contributed by atoms with van der Waals surface area (Å²) >= 11 is 1.16. The lowest BCUT2D eigenvalue weighted by molar-refractivity contribution is -0.159. The number of hydrogen-bond donors (Lipinski definition) is 1. The fourth-order valence-electron chi connectivity index (χ4n) is 2.03. The van der Waals surface area contributed by atoms with Gasteiger partial charge < -0.3 is 10.2 Å². The normalized spacial score (nSPS) is 19.0. The molecule has 1 atom stereocenters. The zero-order valence-electron chi connectivity index (χ0n) is 11.1. The molecule has 1 saturated heterocycles. The zero-order valence-corrected chi connectivity index (χ0v) is 11.9. The number of nitrogens with zero attached hydrogens (tertiary/aromatic N) is 1. The van der Waals surface area contributed by atoms with E-state index in [1.807, 2.05) is 0 Å². The number of amides is 2. The average Bonchev–Trinajstić information content (AvgIpc) is 2.70. The van der Waals surface area contributed by atoms with Crippen molar-refractivity contribution in [2.75, 3.05) is 17.6 Å². The number of anilines is 1. The van der Waals surface area contributed by atoms with Crippen LogP contribution in [0.5, 0.6) is 0 Å². The van der Waals surface area contributed by atoms with Gasteiger partial charge in [-0.3, -0.25) is 9.59 Å². The Bertz CT molecular complexity index is 545. The molecule has 2 amide bonds. The van der Waals surface area contributed by atoms with Crippen molar-refractivity contribution in [3.8, 4) is 0 Å². The standard InChI is InChI=1S/C13H13F3N2O2S/c1-8(19)17-10-4-2-9(3-5-10)12-18(7-13(14,15)16)11(20)6-21-12/h2-5,12H,6-7H2,1H3,(H,17,19). The highest BCUT2D eigenvalue weighted by Crippen LogP contribution is 2.40. The second-order valence-corrected chi connectivity index (χ2v) is 5.67. The van der Waals surface area contributed by atoms with Gasteiger partial charge in [-0.2, -0.15) is 13.2 Å². The summed E-state index contributed by atoms with van der Waals surface area (Å²) in [5.74, 6) is -0.714. The maximum absolute atomic E-state index is 12.5. The molecule has 0 spiro atoms. The van der Waals surface area contributed by atoms with E-state index in [9.17, 15) is 22.8 Å². The molecule has 0 saturated carbocycles. The summed E-state index contributed by atoms with van der Waals surface area (Å²) in [7, 11) is 0. The van der Waals surface area contributed by atoms with Crippen LogP contribution in [0.2, 0.25) is 0 Å².